The Bertz CT molecular complexity index is 1020. The summed E-state index contributed by atoms with van der Waals surface area (Å²) in [6.07, 6.45) is 1.51. The molecule has 1 aliphatic rings. The number of hydrogen-bond acceptors (Lipinski definition) is 5. The Morgan fingerprint density at radius 3 is 2.43 bits per heavy atom. The lowest BCUT2D eigenvalue weighted by Gasteiger charge is -2.36. The number of anilines is 1. The lowest BCUT2D eigenvalue weighted by Crippen LogP contribution is -2.49. The summed E-state index contributed by atoms with van der Waals surface area (Å²) in [7, 11) is -3.87. The van der Waals surface area contributed by atoms with Gasteiger partial charge in [-0.1, -0.05) is 12.1 Å². The number of aryl methyl sites for hydroxylation is 2. The Morgan fingerprint density at radius 1 is 1.17 bits per heavy atom. The number of aromatic nitrogens is 2. The summed E-state index contributed by atoms with van der Waals surface area (Å²) < 4.78 is 29.6. The van der Waals surface area contributed by atoms with Crippen LogP contribution in [0.2, 0.25) is 0 Å². The number of carbonyl (C=O) groups excluding carboxylic acids is 1. The van der Waals surface area contributed by atoms with Crippen LogP contribution in [-0.2, 0) is 16.6 Å². The van der Waals surface area contributed by atoms with E-state index in [1.165, 1.54) is 26.3 Å². The zero-order chi connectivity index (χ0) is 22.1. The summed E-state index contributed by atoms with van der Waals surface area (Å²) in [5.41, 5.74) is 3.67. The molecule has 1 amide bonds. The van der Waals surface area contributed by atoms with Gasteiger partial charge in [-0.25, -0.2) is 8.42 Å². The molecule has 1 fully saturated rings. The molecule has 0 radical (unpaired) electrons. The van der Waals surface area contributed by atoms with Gasteiger partial charge in [0.15, 0.2) is 0 Å². The Morgan fingerprint density at radius 2 is 1.83 bits per heavy atom. The fraction of sp³-hybridized carbons (Fsp3) is 0.524. The summed E-state index contributed by atoms with van der Waals surface area (Å²) >= 11 is 0. The molecule has 164 valence electrons. The molecule has 3 rings (SSSR count). The van der Waals surface area contributed by atoms with Crippen LogP contribution in [0.3, 0.4) is 0 Å². The van der Waals surface area contributed by atoms with Gasteiger partial charge in [-0.2, -0.15) is 9.40 Å². The molecule has 9 heteroatoms. The standard InChI is InChI=1S/C21H31N5O3S/c1-6-25-14-18(20(27)22-15(2)3)21(23-25)30(28,29)26-12-10-24(11-13-26)19-9-7-8-16(4)17(19)5/h7-9,14-15H,6,10-13H2,1-5H3,(H,22,27). The van der Waals surface area contributed by atoms with Crippen molar-refractivity contribution in [3.8, 4) is 0 Å². The molecule has 1 aromatic heterocycles. The predicted octanol–water partition coefficient (Wildman–Crippen LogP) is 2.17. The maximum Gasteiger partial charge on any atom is 0.263 e. The third kappa shape index (κ3) is 4.37. The molecule has 2 aromatic rings. The minimum Gasteiger partial charge on any atom is -0.369 e. The van der Waals surface area contributed by atoms with Crippen LogP contribution in [0.4, 0.5) is 5.69 Å². The molecule has 0 bridgehead atoms. The van der Waals surface area contributed by atoms with Crippen molar-refractivity contribution in [1.82, 2.24) is 19.4 Å². The highest BCUT2D eigenvalue weighted by Gasteiger charge is 2.35. The number of carbonyl (C=O) groups is 1. The van der Waals surface area contributed by atoms with Crippen molar-refractivity contribution in [1.29, 1.82) is 0 Å². The highest BCUT2D eigenvalue weighted by Crippen LogP contribution is 2.26. The number of nitrogens with zero attached hydrogens (tertiary/aromatic N) is 4. The zero-order valence-corrected chi connectivity index (χ0v) is 19.2. The molecule has 0 spiro atoms. The quantitative estimate of drug-likeness (QED) is 0.754. The number of piperazine rings is 1. The topological polar surface area (TPSA) is 87.5 Å². The molecule has 2 heterocycles. The van der Waals surface area contributed by atoms with Crippen molar-refractivity contribution in [3.05, 3.63) is 41.1 Å². The summed E-state index contributed by atoms with van der Waals surface area (Å²) in [5, 5.41) is 6.82. The summed E-state index contributed by atoms with van der Waals surface area (Å²) in [5.74, 6) is -0.419. The normalized spacial score (nSPS) is 15.6. The van der Waals surface area contributed by atoms with Gasteiger partial charge in [0.25, 0.3) is 15.9 Å². The Labute approximate surface area is 178 Å². The van der Waals surface area contributed by atoms with Gasteiger partial charge in [-0.3, -0.25) is 9.48 Å². The van der Waals surface area contributed by atoms with Crippen molar-refractivity contribution in [2.45, 2.75) is 52.2 Å². The first kappa shape index (κ1) is 22.3. The van der Waals surface area contributed by atoms with Crippen molar-refractivity contribution in [2.24, 2.45) is 0 Å². The Hall–Kier alpha value is -2.39. The minimum absolute atomic E-state index is 0.0980. The molecule has 0 unspecified atom stereocenters. The maximum atomic E-state index is 13.3. The predicted molar refractivity (Wildman–Crippen MR) is 117 cm³/mol. The van der Waals surface area contributed by atoms with E-state index in [0.29, 0.717) is 32.7 Å². The average molecular weight is 434 g/mol. The van der Waals surface area contributed by atoms with Crippen LogP contribution >= 0.6 is 0 Å². The zero-order valence-electron chi connectivity index (χ0n) is 18.3. The molecular weight excluding hydrogens is 402 g/mol. The first-order valence-electron chi connectivity index (χ1n) is 10.3. The second-order valence-electron chi connectivity index (χ2n) is 7.94. The van der Waals surface area contributed by atoms with Crippen LogP contribution < -0.4 is 10.2 Å². The van der Waals surface area contributed by atoms with Crippen LogP contribution in [-0.4, -0.2) is 60.6 Å². The first-order valence-corrected chi connectivity index (χ1v) is 11.8. The van der Waals surface area contributed by atoms with Crippen molar-refractivity contribution in [3.63, 3.8) is 0 Å². The molecule has 1 aromatic carbocycles. The molecule has 30 heavy (non-hydrogen) atoms. The molecule has 0 saturated carbocycles. The van der Waals surface area contributed by atoms with E-state index in [4.69, 9.17) is 0 Å². The third-order valence-corrected chi connectivity index (χ3v) is 7.29. The highest BCUT2D eigenvalue weighted by atomic mass is 32.2. The largest absolute Gasteiger partial charge is 0.369 e. The molecule has 1 aliphatic heterocycles. The van der Waals surface area contributed by atoms with Crippen LogP contribution in [0.1, 0.15) is 42.3 Å². The monoisotopic (exact) mass is 433 g/mol. The van der Waals surface area contributed by atoms with E-state index in [1.54, 1.807) is 0 Å². The van der Waals surface area contributed by atoms with Gasteiger partial charge in [0.05, 0.1) is 5.56 Å². The van der Waals surface area contributed by atoms with E-state index in [9.17, 15) is 13.2 Å². The van der Waals surface area contributed by atoms with Gasteiger partial charge in [0.1, 0.15) is 0 Å². The molecule has 0 atom stereocenters. The van der Waals surface area contributed by atoms with E-state index in [2.05, 4.69) is 41.3 Å². The Kier molecular flexibility index (Phi) is 6.52. The second kappa shape index (κ2) is 8.77. The van der Waals surface area contributed by atoms with Crippen molar-refractivity contribution < 1.29 is 13.2 Å². The molecular formula is C21H31N5O3S. The number of hydrogen-bond donors (Lipinski definition) is 1. The van der Waals surface area contributed by atoms with Gasteiger partial charge in [-0.05, 0) is 51.8 Å². The number of rotatable bonds is 6. The highest BCUT2D eigenvalue weighted by molar-refractivity contribution is 7.89. The first-order chi connectivity index (χ1) is 14.1. The second-order valence-corrected chi connectivity index (χ2v) is 9.80. The SMILES string of the molecule is CCn1cc(C(=O)NC(C)C)c(S(=O)(=O)N2CCN(c3cccc(C)c3C)CC2)n1. The van der Waals surface area contributed by atoms with E-state index in [0.717, 1.165) is 5.69 Å². The van der Waals surface area contributed by atoms with Crippen LogP contribution in [0.5, 0.6) is 0 Å². The summed E-state index contributed by atoms with van der Waals surface area (Å²) in [6.45, 7) is 12.1. The van der Waals surface area contributed by atoms with Crippen molar-refractivity contribution >= 4 is 21.6 Å². The van der Waals surface area contributed by atoms with Crippen LogP contribution in [0, 0.1) is 13.8 Å². The fourth-order valence-electron chi connectivity index (χ4n) is 3.62. The van der Waals surface area contributed by atoms with Gasteiger partial charge >= 0.3 is 0 Å². The van der Waals surface area contributed by atoms with Crippen molar-refractivity contribution in [2.75, 3.05) is 31.1 Å². The summed E-state index contributed by atoms with van der Waals surface area (Å²) in [6, 6.07) is 6.08. The van der Waals surface area contributed by atoms with Gasteiger partial charge < -0.3 is 10.2 Å². The van der Waals surface area contributed by atoms with Crippen LogP contribution in [0.25, 0.3) is 0 Å². The van der Waals surface area contributed by atoms with E-state index < -0.39 is 15.9 Å². The Balaban J connectivity index is 1.83. The molecule has 1 N–H and O–H groups in total. The third-order valence-electron chi connectivity index (χ3n) is 5.46. The lowest BCUT2D eigenvalue weighted by atomic mass is 10.1. The number of amides is 1. The molecule has 8 nitrogen and oxygen atoms in total. The number of sulfonamides is 1. The van der Waals surface area contributed by atoms with E-state index in [1.807, 2.05) is 26.8 Å². The van der Waals surface area contributed by atoms with Gasteiger partial charge in [0.2, 0.25) is 5.03 Å². The fourth-order valence-corrected chi connectivity index (χ4v) is 5.14. The van der Waals surface area contributed by atoms with E-state index >= 15 is 0 Å². The number of nitrogens with one attached hydrogen (secondary N) is 1. The molecule has 1 saturated heterocycles. The van der Waals surface area contributed by atoms with Gasteiger partial charge in [-0.15, -0.1) is 0 Å². The average Bonchev–Trinajstić information content (AvgIpc) is 3.15. The smallest absolute Gasteiger partial charge is 0.263 e. The number of benzene rings is 1. The molecule has 0 aliphatic carbocycles. The minimum atomic E-state index is -3.87. The van der Waals surface area contributed by atoms with Crippen LogP contribution in [0.15, 0.2) is 29.4 Å². The van der Waals surface area contributed by atoms with Gasteiger partial charge in [0, 0.05) is 50.6 Å². The van der Waals surface area contributed by atoms with E-state index in [-0.39, 0.29) is 16.6 Å². The maximum absolute atomic E-state index is 13.3. The summed E-state index contributed by atoms with van der Waals surface area (Å²) in [4.78, 5) is 14.8. The lowest BCUT2D eigenvalue weighted by molar-refractivity contribution is 0.0939.